The molecule has 0 spiro atoms. The van der Waals surface area contributed by atoms with Gasteiger partial charge in [0.25, 0.3) is 0 Å². The van der Waals surface area contributed by atoms with Crippen LogP contribution in [0, 0.1) is 5.41 Å². The summed E-state index contributed by atoms with van der Waals surface area (Å²) in [5.41, 5.74) is 0.511. The Balaban J connectivity index is 1.40. The number of halogens is 3. The van der Waals surface area contributed by atoms with Gasteiger partial charge in [-0.3, -0.25) is 4.79 Å². The Hall–Kier alpha value is -3.99. The van der Waals surface area contributed by atoms with E-state index in [1.165, 1.54) is 12.1 Å². The number of ketones is 1. The first kappa shape index (κ1) is 39.7. The fourth-order valence-corrected chi connectivity index (χ4v) is 8.86. The van der Waals surface area contributed by atoms with Gasteiger partial charge < -0.3 is 25.2 Å². The maximum Gasteiger partial charge on any atom is 0.416 e. The molecule has 3 aromatic carbocycles. The molecule has 290 valence electrons. The summed E-state index contributed by atoms with van der Waals surface area (Å²) < 4.78 is 47.3. The average molecular weight is 747 g/mol. The summed E-state index contributed by atoms with van der Waals surface area (Å²) in [7, 11) is 0. The SMILES string of the molecule is CC1=CCCC2(C)C(CCC2(O)CN(CC2CCCO2)C(=O)NC(C)c2ccccc2)c2ccc(cc2C(=O)c2cccc(C(F)(F)F)c2)CC(O)CC1. The number of nitrogens with one attached hydrogen (secondary N) is 1. The molecule has 7 nitrogen and oxygen atoms in total. The van der Waals surface area contributed by atoms with Crippen LogP contribution in [0.4, 0.5) is 18.0 Å². The van der Waals surface area contributed by atoms with Crippen molar-refractivity contribution in [2.24, 2.45) is 5.41 Å². The number of aliphatic hydroxyl groups is 2. The van der Waals surface area contributed by atoms with Gasteiger partial charge in [0.15, 0.2) is 5.78 Å². The smallest absolute Gasteiger partial charge is 0.393 e. The fraction of sp³-hybridized carbons (Fsp3) is 0.500. The number of benzene rings is 3. The van der Waals surface area contributed by atoms with Gasteiger partial charge in [-0.05, 0) is 112 Å². The van der Waals surface area contributed by atoms with Crippen LogP contribution >= 0.6 is 0 Å². The van der Waals surface area contributed by atoms with Crippen molar-refractivity contribution in [1.82, 2.24) is 10.2 Å². The Labute approximate surface area is 316 Å². The molecule has 54 heavy (non-hydrogen) atoms. The quantitative estimate of drug-likeness (QED) is 0.158. The fourth-order valence-electron chi connectivity index (χ4n) is 8.86. The van der Waals surface area contributed by atoms with Gasteiger partial charge in [-0.1, -0.05) is 73.2 Å². The minimum Gasteiger partial charge on any atom is -0.393 e. The van der Waals surface area contributed by atoms with Crippen LogP contribution in [0.5, 0.6) is 0 Å². The van der Waals surface area contributed by atoms with Crippen molar-refractivity contribution >= 4 is 11.8 Å². The molecule has 6 unspecified atom stereocenters. The molecule has 6 atom stereocenters. The molecule has 7 rings (SSSR count). The highest BCUT2D eigenvalue weighted by Crippen LogP contribution is 2.59. The number of rotatable bonds is 8. The van der Waals surface area contributed by atoms with E-state index in [9.17, 15) is 33.0 Å². The van der Waals surface area contributed by atoms with Crippen LogP contribution in [0.25, 0.3) is 0 Å². The van der Waals surface area contributed by atoms with Gasteiger partial charge in [0.05, 0.1) is 36.0 Å². The standard InChI is InChI=1S/C44H53F3N2O5/c1-29-10-8-21-42(3)39(20-22-43(42,53)28-49(27-36-15-9-23-54-36)41(52)48-30(2)32-11-5-4-6-12-32)37-19-17-31(24-35(50)18-16-29)25-38(37)40(51)33-13-7-14-34(26-33)44(45,46)47/h4-7,10-14,17,19,25-26,30,35-36,39,50,53H,8-9,15-16,18,20-24,27-28H2,1-3H3,(H,48,52). The van der Waals surface area contributed by atoms with E-state index in [-0.39, 0.29) is 48.2 Å². The minimum absolute atomic E-state index is 0.0388. The Morgan fingerprint density at radius 1 is 1.02 bits per heavy atom. The highest BCUT2D eigenvalue weighted by Gasteiger charge is 2.58. The Kier molecular flexibility index (Phi) is 12.1. The first-order chi connectivity index (χ1) is 25.7. The molecule has 3 aromatic rings. The molecule has 4 aliphatic rings. The number of aliphatic hydroxyl groups excluding tert-OH is 1. The Morgan fingerprint density at radius 3 is 2.52 bits per heavy atom. The van der Waals surface area contributed by atoms with Crippen molar-refractivity contribution in [3.05, 3.63) is 118 Å². The predicted molar refractivity (Wildman–Crippen MR) is 202 cm³/mol. The maximum absolute atomic E-state index is 14.4. The van der Waals surface area contributed by atoms with Crippen LogP contribution in [0.3, 0.4) is 0 Å². The summed E-state index contributed by atoms with van der Waals surface area (Å²) >= 11 is 0. The van der Waals surface area contributed by atoms with Gasteiger partial charge >= 0.3 is 12.2 Å². The van der Waals surface area contributed by atoms with Crippen LogP contribution in [-0.4, -0.2) is 64.4 Å². The Morgan fingerprint density at radius 2 is 1.80 bits per heavy atom. The zero-order chi connectivity index (χ0) is 38.7. The molecule has 1 saturated heterocycles. The lowest BCUT2D eigenvalue weighted by atomic mass is 9.64. The zero-order valence-corrected chi connectivity index (χ0v) is 31.5. The number of hydrogen-bond acceptors (Lipinski definition) is 5. The van der Waals surface area contributed by atoms with Gasteiger partial charge in [0, 0.05) is 29.7 Å². The topological polar surface area (TPSA) is 99.1 Å². The van der Waals surface area contributed by atoms with E-state index in [0.29, 0.717) is 62.8 Å². The second-order valence-corrected chi connectivity index (χ2v) is 16.0. The monoisotopic (exact) mass is 746 g/mol. The zero-order valence-electron chi connectivity index (χ0n) is 31.5. The van der Waals surface area contributed by atoms with Crippen molar-refractivity contribution in [3.63, 3.8) is 0 Å². The van der Waals surface area contributed by atoms with E-state index in [1.54, 1.807) is 11.0 Å². The third kappa shape index (κ3) is 8.77. The number of hydrogen-bond donors (Lipinski definition) is 3. The number of amides is 2. The highest BCUT2D eigenvalue weighted by atomic mass is 19.4. The lowest BCUT2D eigenvalue weighted by molar-refractivity contribution is -0.137. The largest absolute Gasteiger partial charge is 0.416 e. The van der Waals surface area contributed by atoms with Gasteiger partial charge in [-0.25, -0.2) is 4.79 Å². The number of nitrogens with zero attached hydrogens (tertiary/aromatic N) is 1. The molecular weight excluding hydrogens is 693 g/mol. The van der Waals surface area contributed by atoms with Crippen LogP contribution < -0.4 is 5.32 Å². The molecule has 3 aliphatic carbocycles. The molecule has 2 fully saturated rings. The Bertz CT molecular complexity index is 1820. The van der Waals surface area contributed by atoms with Crippen molar-refractivity contribution in [3.8, 4) is 0 Å². The van der Waals surface area contributed by atoms with E-state index in [4.69, 9.17) is 4.74 Å². The van der Waals surface area contributed by atoms with Crippen molar-refractivity contribution in [1.29, 1.82) is 0 Å². The normalized spacial score (nSPS) is 26.7. The number of carbonyl (C=O) groups excluding carboxylic acids is 2. The maximum atomic E-state index is 14.4. The summed E-state index contributed by atoms with van der Waals surface area (Å²) in [6, 6.07) is 19.1. The molecule has 1 saturated carbocycles. The number of ether oxygens (including phenoxy) is 1. The van der Waals surface area contributed by atoms with E-state index in [1.807, 2.05) is 63.2 Å². The van der Waals surface area contributed by atoms with Crippen molar-refractivity contribution in [2.45, 2.75) is 115 Å². The summed E-state index contributed by atoms with van der Waals surface area (Å²) in [5.74, 6) is -0.902. The number of fused-ring (bicyclic) bond motifs is 8. The molecule has 1 aliphatic heterocycles. The van der Waals surface area contributed by atoms with Crippen LogP contribution in [0.1, 0.15) is 122 Å². The van der Waals surface area contributed by atoms with Gasteiger partial charge in [-0.15, -0.1) is 0 Å². The average Bonchev–Trinajstić information content (AvgIpc) is 3.75. The second-order valence-electron chi connectivity index (χ2n) is 16.0. The number of allylic oxidation sites excluding steroid dienone is 2. The lowest BCUT2D eigenvalue weighted by Crippen LogP contribution is -2.56. The predicted octanol–water partition coefficient (Wildman–Crippen LogP) is 8.93. The highest BCUT2D eigenvalue weighted by molar-refractivity contribution is 6.10. The third-order valence-electron chi connectivity index (χ3n) is 12.2. The summed E-state index contributed by atoms with van der Waals surface area (Å²) in [6.07, 6.45) is 1.88. The molecule has 3 N–H and O–H groups in total. The van der Waals surface area contributed by atoms with E-state index in [2.05, 4.69) is 11.4 Å². The molecule has 0 aromatic heterocycles. The lowest BCUT2D eigenvalue weighted by Gasteiger charge is -2.46. The van der Waals surface area contributed by atoms with Gasteiger partial charge in [-0.2, -0.15) is 13.2 Å². The van der Waals surface area contributed by atoms with Crippen LogP contribution in [0.2, 0.25) is 0 Å². The first-order valence-corrected chi connectivity index (χ1v) is 19.3. The summed E-state index contributed by atoms with van der Waals surface area (Å²) in [4.78, 5) is 30.2. The van der Waals surface area contributed by atoms with Crippen molar-refractivity contribution in [2.75, 3.05) is 19.7 Å². The van der Waals surface area contributed by atoms with E-state index in [0.717, 1.165) is 36.1 Å². The molecule has 2 amide bonds. The molecule has 1 heterocycles. The summed E-state index contributed by atoms with van der Waals surface area (Å²) in [6.45, 7) is 6.97. The molecule has 2 bridgehead atoms. The van der Waals surface area contributed by atoms with E-state index < -0.39 is 34.6 Å². The van der Waals surface area contributed by atoms with Gasteiger partial charge in [0.2, 0.25) is 0 Å². The molecular formula is C44H53F3N2O5. The third-order valence-corrected chi connectivity index (χ3v) is 12.2. The van der Waals surface area contributed by atoms with Gasteiger partial charge in [0.1, 0.15) is 0 Å². The minimum atomic E-state index is -4.62. The van der Waals surface area contributed by atoms with E-state index >= 15 is 0 Å². The number of urea groups is 1. The molecule has 0 radical (unpaired) electrons. The molecule has 10 heteroatoms. The van der Waals surface area contributed by atoms with Crippen LogP contribution in [0.15, 0.2) is 84.4 Å². The second kappa shape index (κ2) is 16.4. The van der Waals surface area contributed by atoms with Crippen molar-refractivity contribution < 1.29 is 37.7 Å². The number of alkyl halides is 3. The first-order valence-electron chi connectivity index (χ1n) is 19.3. The summed E-state index contributed by atoms with van der Waals surface area (Å²) in [5, 5.41) is 27.1. The van der Waals surface area contributed by atoms with Crippen LogP contribution in [-0.2, 0) is 17.3 Å². The number of carbonyl (C=O) groups is 2.